The molecule has 0 spiro atoms. The van der Waals surface area contributed by atoms with E-state index in [9.17, 15) is 13.2 Å². The molecule has 0 N–H and O–H groups in total. The normalized spacial score (nSPS) is 14.2. The van der Waals surface area contributed by atoms with Gasteiger partial charge in [-0.3, -0.25) is 0 Å². The van der Waals surface area contributed by atoms with Gasteiger partial charge >= 0.3 is 6.18 Å². The van der Waals surface area contributed by atoms with Crippen molar-refractivity contribution in [2.24, 2.45) is 5.92 Å². The van der Waals surface area contributed by atoms with E-state index in [1.54, 1.807) is 18.2 Å². The molecule has 1 aromatic rings. The summed E-state index contributed by atoms with van der Waals surface area (Å²) in [6, 6.07) is 4.61. The molecule has 0 aliphatic heterocycles. The lowest BCUT2D eigenvalue weighted by Crippen LogP contribution is -2.09. The van der Waals surface area contributed by atoms with E-state index in [-0.39, 0.29) is 11.5 Å². The second kappa shape index (κ2) is 6.78. The van der Waals surface area contributed by atoms with Crippen LogP contribution in [0.3, 0.4) is 0 Å². The lowest BCUT2D eigenvalue weighted by atomic mass is 9.93. The van der Waals surface area contributed by atoms with Crippen molar-refractivity contribution < 1.29 is 13.2 Å². The standard InChI is InChI=1S/C17H21F3/c1-5-12(3)9-14(6-2)10-15-8-7-13(4)16(11-15)17(18,19)20/h5,7-9,11,14H,1,6,10H2,2-4H3. The number of alkyl halides is 3. The molecule has 3 heteroatoms. The Balaban J connectivity index is 3.01. The van der Waals surface area contributed by atoms with Crippen molar-refractivity contribution in [1.29, 1.82) is 0 Å². The Labute approximate surface area is 119 Å². The minimum atomic E-state index is -4.28. The molecule has 0 aromatic heterocycles. The molecule has 0 fully saturated rings. The van der Waals surface area contributed by atoms with Crippen LogP contribution in [0.25, 0.3) is 0 Å². The summed E-state index contributed by atoms with van der Waals surface area (Å²) >= 11 is 0. The molecule has 0 heterocycles. The zero-order valence-electron chi connectivity index (χ0n) is 12.2. The lowest BCUT2D eigenvalue weighted by Gasteiger charge is -2.15. The number of benzene rings is 1. The monoisotopic (exact) mass is 282 g/mol. The van der Waals surface area contributed by atoms with Crippen LogP contribution < -0.4 is 0 Å². The van der Waals surface area contributed by atoms with Crippen molar-refractivity contribution in [2.75, 3.05) is 0 Å². The molecule has 1 rings (SSSR count). The minimum absolute atomic E-state index is 0.233. The van der Waals surface area contributed by atoms with Gasteiger partial charge in [-0.05, 0) is 49.8 Å². The summed E-state index contributed by atoms with van der Waals surface area (Å²) in [7, 11) is 0. The van der Waals surface area contributed by atoms with Crippen LogP contribution in [0, 0.1) is 12.8 Å². The quantitative estimate of drug-likeness (QED) is 0.606. The third-order valence-electron chi connectivity index (χ3n) is 3.45. The molecular formula is C17H21F3. The van der Waals surface area contributed by atoms with E-state index in [4.69, 9.17) is 0 Å². The Morgan fingerprint density at radius 3 is 2.50 bits per heavy atom. The van der Waals surface area contributed by atoms with Crippen LogP contribution in [0.5, 0.6) is 0 Å². The Bertz CT molecular complexity index is 495. The molecular weight excluding hydrogens is 261 g/mol. The van der Waals surface area contributed by atoms with Gasteiger partial charge in [0.1, 0.15) is 0 Å². The Morgan fingerprint density at radius 2 is 2.00 bits per heavy atom. The first-order valence-corrected chi connectivity index (χ1v) is 6.75. The van der Waals surface area contributed by atoms with Gasteiger partial charge in [0.25, 0.3) is 0 Å². The van der Waals surface area contributed by atoms with Crippen molar-refractivity contribution in [3.63, 3.8) is 0 Å². The molecule has 0 saturated carbocycles. The first kappa shape index (κ1) is 16.5. The van der Waals surface area contributed by atoms with Gasteiger partial charge in [-0.2, -0.15) is 13.2 Å². The second-order valence-corrected chi connectivity index (χ2v) is 5.13. The largest absolute Gasteiger partial charge is 0.416 e. The first-order valence-electron chi connectivity index (χ1n) is 6.75. The smallest absolute Gasteiger partial charge is 0.166 e. The van der Waals surface area contributed by atoms with Crippen molar-refractivity contribution in [1.82, 2.24) is 0 Å². The SMILES string of the molecule is C=CC(C)=CC(CC)Cc1ccc(C)c(C(F)(F)F)c1. The molecule has 0 saturated heterocycles. The van der Waals surface area contributed by atoms with Crippen LogP contribution in [-0.4, -0.2) is 0 Å². The predicted molar refractivity (Wildman–Crippen MR) is 77.6 cm³/mol. The van der Waals surface area contributed by atoms with E-state index >= 15 is 0 Å². The zero-order valence-corrected chi connectivity index (χ0v) is 12.2. The molecule has 0 radical (unpaired) electrons. The number of allylic oxidation sites excluding steroid dienone is 3. The Morgan fingerprint density at radius 1 is 1.35 bits per heavy atom. The maximum atomic E-state index is 12.9. The van der Waals surface area contributed by atoms with Gasteiger partial charge in [0.05, 0.1) is 5.56 Å². The highest BCUT2D eigenvalue weighted by Gasteiger charge is 2.32. The highest BCUT2D eigenvalue weighted by Crippen LogP contribution is 2.33. The highest BCUT2D eigenvalue weighted by molar-refractivity contribution is 5.34. The second-order valence-electron chi connectivity index (χ2n) is 5.13. The summed E-state index contributed by atoms with van der Waals surface area (Å²) in [6.45, 7) is 9.18. The third kappa shape index (κ3) is 4.55. The molecule has 110 valence electrons. The molecule has 0 bridgehead atoms. The maximum Gasteiger partial charge on any atom is 0.416 e. The molecule has 0 amide bonds. The van der Waals surface area contributed by atoms with Crippen LogP contribution in [0.4, 0.5) is 13.2 Å². The van der Waals surface area contributed by atoms with Gasteiger partial charge in [-0.15, -0.1) is 0 Å². The summed E-state index contributed by atoms with van der Waals surface area (Å²) in [5, 5.41) is 0. The molecule has 1 aromatic carbocycles. The lowest BCUT2D eigenvalue weighted by molar-refractivity contribution is -0.138. The zero-order chi connectivity index (χ0) is 15.3. The van der Waals surface area contributed by atoms with Crippen molar-refractivity contribution >= 4 is 0 Å². The van der Waals surface area contributed by atoms with Crippen LogP contribution >= 0.6 is 0 Å². The summed E-state index contributed by atoms with van der Waals surface area (Å²) < 4.78 is 38.7. The van der Waals surface area contributed by atoms with Gasteiger partial charge in [0.2, 0.25) is 0 Å². The number of rotatable bonds is 5. The molecule has 20 heavy (non-hydrogen) atoms. The molecule has 0 nitrogen and oxygen atoms in total. The van der Waals surface area contributed by atoms with E-state index in [2.05, 4.69) is 12.7 Å². The third-order valence-corrected chi connectivity index (χ3v) is 3.45. The number of hydrogen-bond donors (Lipinski definition) is 0. The summed E-state index contributed by atoms with van der Waals surface area (Å²) in [5.74, 6) is 0.233. The van der Waals surface area contributed by atoms with Crippen molar-refractivity contribution in [3.8, 4) is 0 Å². The summed E-state index contributed by atoms with van der Waals surface area (Å²) in [6.07, 6.45) is 1.05. The maximum absolute atomic E-state index is 12.9. The van der Waals surface area contributed by atoms with Gasteiger partial charge in [0.15, 0.2) is 0 Å². The predicted octanol–water partition coefficient (Wildman–Crippen LogP) is 5.71. The number of halogens is 3. The van der Waals surface area contributed by atoms with Gasteiger partial charge in [-0.1, -0.05) is 43.4 Å². The molecule has 0 aliphatic carbocycles. The van der Waals surface area contributed by atoms with Gasteiger partial charge in [-0.25, -0.2) is 0 Å². The van der Waals surface area contributed by atoms with E-state index in [1.807, 2.05) is 13.8 Å². The fourth-order valence-corrected chi connectivity index (χ4v) is 2.17. The highest BCUT2D eigenvalue weighted by atomic mass is 19.4. The van der Waals surface area contributed by atoms with Crippen LogP contribution in [-0.2, 0) is 12.6 Å². The van der Waals surface area contributed by atoms with Crippen LogP contribution in [0.1, 0.15) is 37.0 Å². The minimum Gasteiger partial charge on any atom is -0.166 e. The summed E-state index contributed by atoms with van der Waals surface area (Å²) in [5.41, 5.74) is 1.52. The van der Waals surface area contributed by atoms with E-state index in [0.717, 1.165) is 17.6 Å². The average molecular weight is 282 g/mol. The van der Waals surface area contributed by atoms with Crippen molar-refractivity contribution in [3.05, 3.63) is 59.2 Å². The van der Waals surface area contributed by atoms with E-state index in [1.165, 1.54) is 13.0 Å². The molecule has 1 unspecified atom stereocenters. The summed E-state index contributed by atoms with van der Waals surface area (Å²) in [4.78, 5) is 0. The topological polar surface area (TPSA) is 0 Å². The Hall–Kier alpha value is -1.51. The molecule has 0 aliphatic rings. The van der Waals surface area contributed by atoms with Crippen LogP contribution in [0.2, 0.25) is 0 Å². The van der Waals surface area contributed by atoms with Gasteiger partial charge in [0, 0.05) is 0 Å². The molecule has 1 atom stereocenters. The van der Waals surface area contributed by atoms with Crippen molar-refractivity contribution in [2.45, 2.75) is 39.8 Å². The van der Waals surface area contributed by atoms with Crippen LogP contribution in [0.15, 0.2) is 42.5 Å². The fraction of sp³-hybridized carbons (Fsp3) is 0.412. The first-order chi connectivity index (χ1) is 9.27. The number of aryl methyl sites for hydroxylation is 1. The Kier molecular flexibility index (Phi) is 5.61. The van der Waals surface area contributed by atoms with Gasteiger partial charge < -0.3 is 0 Å². The van der Waals surface area contributed by atoms with E-state index < -0.39 is 11.7 Å². The van der Waals surface area contributed by atoms with E-state index in [0.29, 0.717) is 6.42 Å². The fourth-order valence-electron chi connectivity index (χ4n) is 2.17. The average Bonchev–Trinajstić information content (AvgIpc) is 2.38. The number of hydrogen-bond acceptors (Lipinski definition) is 0.